The van der Waals surface area contributed by atoms with Crippen LogP contribution < -0.4 is 16.4 Å². The summed E-state index contributed by atoms with van der Waals surface area (Å²) in [4.78, 5) is 4.31. The van der Waals surface area contributed by atoms with Crippen molar-refractivity contribution in [2.24, 2.45) is 0 Å². The SMILES string of the molecule is Cc1c(N)c(NCCCO)nc(NCCCO)c1C#N. The van der Waals surface area contributed by atoms with Crippen LogP contribution in [0, 0.1) is 18.3 Å². The van der Waals surface area contributed by atoms with E-state index < -0.39 is 0 Å². The molecule has 0 radical (unpaired) electrons. The largest absolute Gasteiger partial charge is 0.396 e. The van der Waals surface area contributed by atoms with E-state index in [1.165, 1.54) is 0 Å². The van der Waals surface area contributed by atoms with Gasteiger partial charge >= 0.3 is 0 Å². The van der Waals surface area contributed by atoms with Crippen molar-refractivity contribution in [2.45, 2.75) is 19.8 Å². The van der Waals surface area contributed by atoms with E-state index in [1.807, 2.05) is 0 Å². The maximum absolute atomic E-state index is 9.20. The predicted octanol–water partition coefficient (Wildman–Crippen LogP) is 0.432. The summed E-state index contributed by atoms with van der Waals surface area (Å²) in [5.41, 5.74) is 7.47. The second-order valence-corrected chi connectivity index (χ2v) is 4.34. The normalized spacial score (nSPS) is 10.1. The number of hydrogen-bond donors (Lipinski definition) is 5. The van der Waals surface area contributed by atoms with Crippen molar-refractivity contribution < 1.29 is 10.2 Å². The molecule has 1 heterocycles. The molecule has 7 heteroatoms. The first kappa shape index (κ1) is 16.0. The fraction of sp³-hybridized carbons (Fsp3) is 0.538. The lowest BCUT2D eigenvalue weighted by Crippen LogP contribution is -2.13. The first-order valence-electron chi connectivity index (χ1n) is 6.55. The molecule has 6 N–H and O–H groups in total. The third kappa shape index (κ3) is 3.98. The maximum Gasteiger partial charge on any atom is 0.152 e. The summed E-state index contributed by atoms with van der Waals surface area (Å²) in [6.45, 7) is 3.00. The molecule has 0 amide bonds. The lowest BCUT2D eigenvalue weighted by atomic mass is 10.1. The summed E-state index contributed by atoms with van der Waals surface area (Å²) < 4.78 is 0. The van der Waals surface area contributed by atoms with Crippen LogP contribution in [-0.2, 0) is 0 Å². The van der Waals surface area contributed by atoms with Crippen molar-refractivity contribution in [3.05, 3.63) is 11.1 Å². The Morgan fingerprint density at radius 1 is 1.15 bits per heavy atom. The number of aliphatic hydroxyl groups is 2. The average molecular weight is 279 g/mol. The van der Waals surface area contributed by atoms with E-state index in [2.05, 4.69) is 21.7 Å². The van der Waals surface area contributed by atoms with Crippen LogP contribution in [0.3, 0.4) is 0 Å². The van der Waals surface area contributed by atoms with Crippen LogP contribution in [0.15, 0.2) is 0 Å². The molecule has 1 aromatic heterocycles. The van der Waals surface area contributed by atoms with E-state index in [0.29, 0.717) is 54.4 Å². The van der Waals surface area contributed by atoms with Gasteiger partial charge in [0.25, 0.3) is 0 Å². The number of nitrogen functional groups attached to an aromatic ring is 1. The monoisotopic (exact) mass is 279 g/mol. The number of pyridine rings is 1. The van der Waals surface area contributed by atoms with Gasteiger partial charge in [0.1, 0.15) is 11.9 Å². The van der Waals surface area contributed by atoms with Gasteiger partial charge in [-0.1, -0.05) is 0 Å². The van der Waals surface area contributed by atoms with Crippen molar-refractivity contribution >= 4 is 17.3 Å². The fourth-order valence-corrected chi connectivity index (χ4v) is 1.69. The van der Waals surface area contributed by atoms with E-state index in [4.69, 9.17) is 15.9 Å². The zero-order valence-corrected chi connectivity index (χ0v) is 11.6. The number of nitrogens with one attached hydrogen (secondary N) is 2. The van der Waals surface area contributed by atoms with Crippen LogP contribution in [0.5, 0.6) is 0 Å². The molecule has 0 aliphatic heterocycles. The standard InChI is InChI=1S/C13H21N5O2/c1-9-10(8-14)12(16-4-2-6-19)18-13(11(9)15)17-5-3-7-20/h19-20H,2-7,15H2,1H3,(H2,16,17,18). The van der Waals surface area contributed by atoms with Gasteiger partial charge < -0.3 is 26.6 Å². The second kappa shape index (κ2) is 8.19. The zero-order chi connectivity index (χ0) is 15.0. The van der Waals surface area contributed by atoms with Gasteiger partial charge in [0.15, 0.2) is 5.82 Å². The Labute approximate surface area is 118 Å². The zero-order valence-electron chi connectivity index (χ0n) is 11.6. The van der Waals surface area contributed by atoms with Crippen LogP contribution in [0.2, 0.25) is 0 Å². The van der Waals surface area contributed by atoms with Crippen molar-refractivity contribution in [3.8, 4) is 6.07 Å². The van der Waals surface area contributed by atoms with Crippen molar-refractivity contribution in [1.82, 2.24) is 4.98 Å². The molecule has 1 aromatic rings. The highest BCUT2D eigenvalue weighted by atomic mass is 16.3. The number of aliphatic hydroxyl groups excluding tert-OH is 2. The third-order valence-corrected chi connectivity index (χ3v) is 2.86. The van der Waals surface area contributed by atoms with Gasteiger partial charge in [-0.05, 0) is 25.3 Å². The molecule has 0 saturated carbocycles. The van der Waals surface area contributed by atoms with Crippen molar-refractivity contribution in [1.29, 1.82) is 5.26 Å². The van der Waals surface area contributed by atoms with Gasteiger partial charge in [-0.25, -0.2) is 4.98 Å². The predicted molar refractivity (Wildman–Crippen MR) is 78.5 cm³/mol. The van der Waals surface area contributed by atoms with E-state index in [0.717, 1.165) is 0 Å². The number of nitrogens with two attached hydrogens (primary N) is 1. The number of nitriles is 1. The van der Waals surface area contributed by atoms with Crippen LogP contribution in [0.25, 0.3) is 0 Å². The molecule has 0 bridgehead atoms. The minimum Gasteiger partial charge on any atom is -0.396 e. The molecule has 20 heavy (non-hydrogen) atoms. The fourth-order valence-electron chi connectivity index (χ4n) is 1.69. The van der Waals surface area contributed by atoms with E-state index >= 15 is 0 Å². The second-order valence-electron chi connectivity index (χ2n) is 4.34. The first-order valence-corrected chi connectivity index (χ1v) is 6.55. The van der Waals surface area contributed by atoms with Crippen molar-refractivity contribution in [2.75, 3.05) is 42.7 Å². The Balaban J connectivity index is 2.98. The molecule has 1 rings (SSSR count). The van der Waals surface area contributed by atoms with Gasteiger partial charge in [-0.2, -0.15) is 5.26 Å². The van der Waals surface area contributed by atoms with Crippen LogP contribution in [-0.4, -0.2) is 41.5 Å². The molecule has 0 aromatic carbocycles. The lowest BCUT2D eigenvalue weighted by Gasteiger charge is -2.15. The summed E-state index contributed by atoms with van der Waals surface area (Å²) >= 11 is 0. The summed E-state index contributed by atoms with van der Waals surface area (Å²) in [6, 6.07) is 2.09. The third-order valence-electron chi connectivity index (χ3n) is 2.86. The maximum atomic E-state index is 9.20. The number of nitrogens with zero attached hydrogens (tertiary/aromatic N) is 2. The number of anilines is 3. The van der Waals surface area contributed by atoms with Gasteiger partial charge in [0, 0.05) is 26.3 Å². The van der Waals surface area contributed by atoms with E-state index in [9.17, 15) is 5.26 Å². The highest BCUT2D eigenvalue weighted by Gasteiger charge is 2.14. The average Bonchev–Trinajstić information content (AvgIpc) is 2.45. The Bertz CT molecular complexity index is 485. The Morgan fingerprint density at radius 3 is 2.20 bits per heavy atom. The van der Waals surface area contributed by atoms with Gasteiger partial charge in [-0.3, -0.25) is 0 Å². The van der Waals surface area contributed by atoms with Crippen molar-refractivity contribution in [3.63, 3.8) is 0 Å². The molecule has 0 saturated heterocycles. The molecular formula is C13H21N5O2. The summed E-state index contributed by atoms with van der Waals surface area (Å²) in [5, 5.41) is 32.8. The van der Waals surface area contributed by atoms with Gasteiger partial charge in [0.05, 0.1) is 11.3 Å². The van der Waals surface area contributed by atoms with Gasteiger partial charge in [-0.15, -0.1) is 0 Å². The number of hydrogen-bond acceptors (Lipinski definition) is 7. The molecular weight excluding hydrogens is 258 g/mol. The minimum atomic E-state index is 0.0739. The van der Waals surface area contributed by atoms with E-state index in [1.54, 1.807) is 6.92 Å². The molecule has 0 aliphatic rings. The Kier molecular flexibility index (Phi) is 6.56. The number of aromatic nitrogens is 1. The molecule has 110 valence electrons. The smallest absolute Gasteiger partial charge is 0.152 e. The molecule has 0 atom stereocenters. The number of rotatable bonds is 8. The molecule has 0 unspecified atom stereocenters. The molecule has 0 aliphatic carbocycles. The summed E-state index contributed by atoms with van der Waals surface area (Å²) in [6.07, 6.45) is 1.16. The summed E-state index contributed by atoms with van der Waals surface area (Å²) in [5.74, 6) is 0.959. The van der Waals surface area contributed by atoms with Crippen LogP contribution in [0.1, 0.15) is 24.0 Å². The Hall–Kier alpha value is -2.04. The highest BCUT2D eigenvalue weighted by Crippen LogP contribution is 2.28. The minimum absolute atomic E-state index is 0.0739. The Morgan fingerprint density at radius 2 is 1.70 bits per heavy atom. The molecule has 7 nitrogen and oxygen atoms in total. The lowest BCUT2D eigenvalue weighted by molar-refractivity contribution is 0.292. The molecule has 0 fully saturated rings. The first-order chi connectivity index (χ1) is 9.65. The topological polar surface area (TPSA) is 127 Å². The molecule has 0 spiro atoms. The van der Waals surface area contributed by atoms with Gasteiger partial charge in [0.2, 0.25) is 0 Å². The highest BCUT2D eigenvalue weighted by molar-refractivity contribution is 5.74. The van der Waals surface area contributed by atoms with Crippen LogP contribution >= 0.6 is 0 Å². The summed E-state index contributed by atoms with van der Waals surface area (Å²) in [7, 11) is 0. The van der Waals surface area contributed by atoms with Crippen LogP contribution in [0.4, 0.5) is 17.3 Å². The van der Waals surface area contributed by atoms with E-state index in [-0.39, 0.29) is 13.2 Å². The quantitative estimate of drug-likeness (QED) is 0.437.